The van der Waals surface area contributed by atoms with Crippen LogP contribution in [0.1, 0.15) is 56.7 Å². The number of ether oxygens (including phenoxy) is 1. The predicted octanol–water partition coefficient (Wildman–Crippen LogP) is 1.96. The van der Waals surface area contributed by atoms with E-state index in [-0.39, 0.29) is 11.7 Å². The van der Waals surface area contributed by atoms with Gasteiger partial charge in [-0.3, -0.25) is 0 Å². The van der Waals surface area contributed by atoms with Gasteiger partial charge in [0.15, 0.2) is 5.82 Å². The van der Waals surface area contributed by atoms with Gasteiger partial charge in [-0.05, 0) is 32.1 Å². The monoisotopic (exact) mass is 357 g/mol. The first-order valence-electron chi connectivity index (χ1n) is 8.96. The minimum atomic E-state index is -3.13. The molecule has 1 saturated heterocycles. The minimum absolute atomic E-state index is 0.00646. The Bertz CT molecular complexity index is 625. The molecular formula is C16H27N3O4S. The maximum atomic E-state index is 11.9. The van der Waals surface area contributed by atoms with Crippen LogP contribution in [0.3, 0.4) is 0 Å². The van der Waals surface area contributed by atoms with Crippen LogP contribution in [0.2, 0.25) is 0 Å². The molecule has 136 valence electrons. The van der Waals surface area contributed by atoms with Crippen LogP contribution in [0.25, 0.3) is 0 Å². The van der Waals surface area contributed by atoms with Gasteiger partial charge in [0, 0.05) is 26.1 Å². The average molecular weight is 357 g/mol. The summed E-state index contributed by atoms with van der Waals surface area (Å²) in [6.07, 6.45) is 6.60. The molecule has 8 heteroatoms. The topological polar surface area (TPSA) is 85.5 Å². The third-order valence-corrected chi connectivity index (χ3v) is 6.89. The Labute approximate surface area is 143 Å². The van der Waals surface area contributed by atoms with Gasteiger partial charge in [0.05, 0.1) is 18.3 Å². The molecule has 1 aliphatic carbocycles. The summed E-state index contributed by atoms with van der Waals surface area (Å²) in [5.74, 6) is 2.05. The molecule has 2 heterocycles. The largest absolute Gasteiger partial charge is 0.381 e. The Morgan fingerprint density at radius 3 is 2.83 bits per heavy atom. The van der Waals surface area contributed by atoms with E-state index in [1.807, 2.05) is 0 Å². The van der Waals surface area contributed by atoms with E-state index in [2.05, 4.69) is 10.1 Å². The Hall–Kier alpha value is -0.990. The zero-order valence-electron chi connectivity index (χ0n) is 14.3. The lowest BCUT2D eigenvalue weighted by atomic mass is 10.1. The molecule has 1 atom stereocenters. The Balaban J connectivity index is 1.44. The van der Waals surface area contributed by atoms with E-state index >= 15 is 0 Å². The summed E-state index contributed by atoms with van der Waals surface area (Å²) < 4.78 is 36.4. The Kier molecular flexibility index (Phi) is 5.89. The van der Waals surface area contributed by atoms with Crippen molar-refractivity contribution in [3.05, 3.63) is 11.7 Å². The molecule has 1 unspecified atom stereocenters. The number of aromatic nitrogens is 2. The minimum Gasteiger partial charge on any atom is -0.381 e. The van der Waals surface area contributed by atoms with Crippen molar-refractivity contribution in [2.45, 2.75) is 51.4 Å². The van der Waals surface area contributed by atoms with Gasteiger partial charge in [-0.2, -0.15) is 4.98 Å². The van der Waals surface area contributed by atoms with Gasteiger partial charge in [-0.25, -0.2) is 12.7 Å². The molecule has 0 spiro atoms. The van der Waals surface area contributed by atoms with E-state index in [0.717, 1.165) is 18.9 Å². The second-order valence-electron chi connectivity index (χ2n) is 6.77. The van der Waals surface area contributed by atoms with Crippen molar-refractivity contribution in [3.8, 4) is 0 Å². The van der Waals surface area contributed by atoms with E-state index in [1.54, 1.807) is 6.92 Å². The van der Waals surface area contributed by atoms with Crippen LogP contribution >= 0.6 is 0 Å². The van der Waals surface area contributed by atoms with Gasteiger partial charge in [0.1, 0.15) is 0 Å². The van der Waals surface area contributed by atoms with Crippen molar-refractivity contribution in [2.75, 3.05) is 32.1 Å². The molecule has 0 aromatic carbocycles. The molecule has 24 heavy (non-hydrogen) atoms. The Morgan fingerprint density at radius 1 is 1.29 bits per heavy atom. The van der Waals surface area contributed by atoms with E-state index in [1.165, 1.54) is 30.0 Å². The van der Waals surface area contributed by atoms with Crippen LogP contribution in [0.15, 0.2) is 4.52 Å². The molecule has 7 nitrogen and oxygen atoms in total. The predicted molar refractivity (Wildman–Crippen MR) is 89.2 cm³/mol. The molecule has 0 N–H and O–H groups in total. The Morgan fingerprint density at radius 2 is 2.08 bits per heavy atom. The van der Waals surface area contributed by atoms with Crippen LogP contribution in [0.4, 0.5) is 0 Å². The third kappa shape index (κ3) is 4.34. The highest BCUT2D eigenvalue weighted by atomic mass is 32.2. The molecule has 1 saturated carbocycles. The molecule has 0 bridgehead atoms. The van der Waals surface area contributed by atoms with Gasteiger partial charge in [0.2, 0.25) is 15.9 Å². The van der Waals surface area contributed by atoms with Crippen molar-refractivity contribution in [1.82, 2.24) is 14.4 Å². The average Bonchev–Trinajstić information content (AvgIpc) is 3.32. The van der Waals surface area contributed by atoms with Crippen LogP contribution < -0.4 is 0 Å². The van der Waals surface area contributed by atoms with Crippen molar-refractivity contribution in [1.29, 1.82) is 0 Å². The van der Waals surface area contributed by atoms with Crippen molar-refractivity contribution in [3.63, 3.8) is 0 Å². The maximum absolute atomic E-state index is 11.9. The summed E-state index contributed by atoms with van der Waals surface area (Å²) in [5.41, 5.74) is 0. The highest BCUT2D eigenvalue weighted by Gasteiger charge is 2.34. The zero-order chi connectivity index (χ0) is 17.0. The third-order valence-electron chi connectivity index (χ3n) is 5.04. The second-order valence-corrected chi connectivity index (χ2v) is 9.03. The normalized spacial score (nSPS) is 23.3. The fourth-order valence-electron chi connectivity index (χ4n) is 3.49. The number of hydrogen-bond acceptors (Lipinski definition) is 6. The number of rotatable bonds is 8. The van der Waals surface area contributed by atoms with Crippen molar-refractivity contribution >= 4 is 10.0 Å². The van der Waals surface area contributed by atoms with Gasteiger partial charge in [-0.1, -0.05) is 18.0 Å². The molecule has 0 radical (unpaired) electrons. The number of nitrogens with zero attached hydrogens (tertiary/aromatic N) is 3. The molecule has 1 aromatic heterocycles. The first-order valence-corrected chi connectivity index (χ1v) is 10.6. The quantitative estimate of drug-likeness (QED) is 0.661. The highest BCUT2D eigenvalue weighted by molar-refractivity contribution is 7.89. The van der Waals surface area contributed by atoms with Crippen LogP contribution in [0, 0.1) is 5.92 Å². The van der Waals surface area contributed by atoms with Gasteiger partial charge in [-0.15, -0.1) is 0 Å². The lowest BCUT2D eigenvalue weighted by Gasteiger charge is -2.13. The second kappa shape index (κ2) is 7.93. The molecule has 2 aliphatic rings. The summed E-state index contributed by atoms with van der Waals surface area (Å²) in [6, 6.07) is 0. The lowest BCUT2D eigenvalue weighted by molar-refractivity contribution is 0.102. The van der Waals surface area contributed by atoms with Crippen molar-refractivity contribution < 1.29 is 17.7 Å². The standard InChI is InChI=1S/C16H27N3O4S/c1-2-24(20,21)19-9-7-14(11-19)16-17-15(18-23-16)8-10-22-12-13-5-3-4-6-13/h13-14H,2-12H2,1H3. The first-order chi connectivity index (χ1) is 11.6. The molecule has 1 aromatic rings. The van der Waals surface area contributed by atoms with Crippen LogP contribution in [0.5, 0.6) is 0 Å². The summed E-state index contributed by atoms with van der Waals surface area (Å²) in [7, 11) is -3.13. The van der Waals surface area contributed by atoms with Crippen LogP contribution in [-0.2, 0) is 21.2 Å². The SMILES string of the molecule is CCS(=O)(=O)N1CCC(c2nc(CCOCC3CCCC3)no2)C1. The highest BCUT2D eigenvalue weighted by Crippen LogP contribution is 2.28. The molecule has 1 aliphatic heterocycles. The van der Waals surface area contributed by atoms with Crippen molar-refractivity contribution in [2.24, 2.45) is 5.92 Å². The van der Waals surface area contributed by atoms with E-state index in [9.17, 15) is 8.42 Å². The molecule has 0 amide bonds. The summed E-state index contributed by atoms with van der Waals surface area (Å²) in [4.78, 5) is 4.42. The number of hydrogen-bond donors (Lipinski definition) is 0. The fraction of sp³-hybridized carbons (Fsp3) is 0.875. The smallest absolute Gasteiger partial charge is 0.231 e. The maximum Gasteiger partial charge on any atom is 0.231 e. The van der Waals surface area contributed by atoms with Gasteiger partial charge >= 0.3 is 0 Å². The summed E-state index contributed by atoms with van der Waals surface area (Å²) >= 11 is 0. The molecular weight excluding hydrogens is 330 g/mol. The summed E-state index contributed by atoms with van der Waals surface area (Å²) in [6.45, 7) is 4.08. The van der Waals surface area contributed by atoms with E-state index in [0.29, 0.717) is 37.8 Å². The molecule has 2 fully saturated rings. The fourth-order valence-corrected chi connectivity index (χ4v) is 4.65. The van der Waals surface area contributed by atoms with E-state index in [4.69, 9.17) is 9.26 Å². The molecule has 3 rings (SSSR count). The van der Waals surface area contributed by atoms with Gasteiger partial charge < -0.3 is 9.26 Å². The lowest BCUT2D eigenvalue weighted by Crippen LogP contribution is -2.29. The first kappa shape index (κ1) is 17.8. The van der Waals surface area contributed by atoms with Gasteiger partial charge in [0.25, 0.3) is 0 Å². The van der Waals surface area contributed by atoms with E-state index < -0.39 is 10.0 Å². The number of sulfonamides is 1. The van der Waals surface area contributed by atoms with Crippen LogP contribution in [-0.4, -0.2) is 54.9 Å². The summed E-state index contributed by atoms with van der Waals surface area (Å²) in [5, 5.41) is 4.00. The zero-order valence-corrected chi connectivity index (χ0v) is 15.1.